The summed E-state index contributed by atoms with van der Waals surface area (Å²) in [5.41, 5.74) is 9.78. The molecule has 2 nitrogen and oxygen atoms in total. The van der Waals surface area contributed by atoms with Crippen molar-refractivity contribution in [3.8, 4) is 5.75 Å². The second kappa shape index (κ2) is 7.66. The van der Waals surface area contributed by atoms with Crippen LogP contribution in [0.3, 0.4) is 0 Å². The number of benzene rings is 2. The van der Waals surface area contributed by atoms with Crippen LogP contribution in [0.25, 0.3) is 0 Å². The van der Waals surface area contributed by atoms with Crippen molar-refractivity contribution in [2.45, 2.75) is 32.1 Å². The van der Waals surface area contributed by atoms with Crippen molar-refractivity contribution in [1.82, 2.24) is 0 Å². The monoisotopic (exact) mass is 317 g/mol. The lowest BCUT2D eigenvalue weighted by molar-refractivity contribution is 0.405. The molecule has 0 aliphatic heterocycles. The largest absolute Gasteiger partial charge is 0.496 e. The fourth-order valence-corrected chi connectivity index (χ4v) is 2.78. The van der Waals surface area contributed by atoms with Gasteiger partial charge in [0.25, 0.3) is 0 Å². The lowest BCUT2D eigenvalue weighted by atomic mass is 9.88. The topological polar surface area (TPSA) is 35.2 Å². The van der Waals surface area contributed by atoms with Gasteiger partial charge in [0.05, 0.1) is 7.11 Å². The molecule has 2 rings (SSSR count). The molecule has 0 fully saturated rings. The molecule has 2 aromatic carbocycles. The lowest BCUT2D eigenvalue weighted by Crippen LogP contribution is -2.16. The van der Waals surface area contributed by atoms with Gasteiger partial charge in [-0.1, -0.05) is 49.7 Å². The summed E-state index contributed by atoms with van der Waals surface area (Å²) in [6.07, 6.45) is 0.881. The molecule has 0 saturated carbocycles. The minimum absolute atomic E-state index is 0.231. The first-order chi connectivity index (χ1) is 10.5. The van der Waals surface area contributed by atoms with Crippen LogP contribution in [0.15, 0.2) is 42.5 Å². The minimum atomic E-state index is 0.231. The number of hydrogen-bond acceptors (Lipinski definition) is 2. The third-order valence-electron chi connectivity index (χ3n) is 4.04. The number of methoxy groups -OCH3 is 1. The standard InChI is InChI=1S/C19H24ClNO/c1-13(2)15-6-9-19(22-3)18(11-15)16(12-21)10-14-4-7-17(20)8-5-14/h4-9,11,13,16H,10,12,21H2,1-3H3. The number of nitrogens with two attached hydrogens (primary N) is 1. The third kappa shape index (κ3) is 4.02. The van der Waals surface area contributed by atoms with Crippen LogP contribution < -0.4 is 10.5 Å². The Bertz CT molecular complexity index is 607. The van der Waals surface area contributed by atoms with Crippen molar-refractivity contribution in [3.63, 3.8) is 0 Å². The number of hydrogen-bond donors (Lipinski definition) is 1. The molecule has 2 N–H and O–H groups in total. The SMILES string of the molecule is COc1ccc(C(C)C)cc1C(CN)Cc1ccc(Cl)cc1. The summed E-state index contributed by atoms with van der Waals surface area (Å²) in [6.45, 7) is 4.98. The van der Waals surface area contributed by atoms with Crippen molar-refractivity contribution in [2.24, 2.45) is 5.73 Å². The molecule has 0 aromatic heterocycles. The summed E-state index contributed by atoms with van der Waals surface area (Å²) < 4.78 is 5.54. The quantitative estimate of drug-likeness (QED) is 0.834. The van der Waals surface area contributed by atoms with Gasteiger partial charge >= 0.3 is 0 Å². The van der Waals surface area contributed by atoms with E-state index in [2.05, 4.69) is 44.2 Å². The molecule has 0 aliphatic rings. The normalized spacial score (nSPS) is 12.5. The summed E-state index contributed by atoms with van der Waals surface area (Å²) >= 11 is 5.96. The Morgan fingerprint density at radius 2 is 1.77 bits per heavy atom. The van der Waals surface area contributed by atoms with Gasteiger partial charge in [-0.05, 0) is 53.8 Å². The molecular formula is C19H24ClNO. The van der Waals surface area contributed by atoms with E-state index in [9.17, 15) is 0 Å². The molecule has 0 heterocycles. The summed E-state index contributed by atoms with van der Waals surface area (Å²) in [7, 11) is 1.71. The Morgan fingerprint density at radius 1 is 1.09 bits per heavy atom. The molecule has 118 valence electrons. The molecular weight excluding hydrogens is 294 g/mol. The average molecular weight is 318 g/mol. The number of rotatable bonds is 6. The Balaban J connectivity index is 2.32. The number of halogens is 1. The van der Waals surface area contributed by atoms with Gasteiger partial charge in [0, 0.05) is 10.9 Å². The average Bonchev–Trinajstić information content (AvgIpc) is 2.53. The Morgan fingerprint density at radius 3 is 2.32 bits per heavy atom. The highest BCUT2D eigenvalue weighted by molar-refractivity contribution is 6.30. The van der Waals surface area contributed by atoms with E-state index in [0.717, 1.165) is 17.2 Å². The van der Waals surface area contributed by atoms with Gasteiger partial charge in [-0.25, -0.2) is 0 Å². The summed E-state index contributed by atoms with van der Waals surface area (Å²) in [4.78, 5) is 0. The van der Waals surface area contributed by atoms with Crippen molar-refractivity contribution < 1.29 is 4.74 Å². The van der Waals surface area contributed by atoms with E-state index in [1.54, 1.807) is 7.11 Å². The van der Waals surface area contributed by atoms with E-state index in [4.69, 9.17) is 22.1 Å². The van der Waals surface area contributed by atoms with Crippen LogP contribution in [0.5, 0.6) is 5.75 Å². The van der Waals surface area contributed by atoms with Gasteiger partial charge < -0.3 is 10.5 Å². The second-order valence-electron chi connectivity index (χ2n) is 5.92. The molecule has 2 aromatic rings. The van der Waals surface area contributed by atoms with E-state index in [1.165, 1.54) is 16.7 Å². The lowest BCUT2D eigenvalue weighted by Gasteiger charge is -2.20. The first kappa shape index (κ1) is 16.9. The van der Waals surface area contributed by atoms with Gasteiger partial charge in [-0.15, -0.1) is 0 Å². The van der Waals surface area contributed by atoms with Gasteiger partial charge in [0.1, 0.15) is 5.75 Å². The van der Waals surface area contributed by atoms with E-state index in [1.807, 2.05) is 12.1 Å². The van der Waals surface area contributed by atoms with E-state index >= 15 is 0 Å². The molecule has 0 amide bonds. The molecule has 22 heavy (non-hydrogen) atoms. The van der Waals surface area contributed by atoms with Gasteiger partial charge in [0.15, 0.2) is 0 Å². The Labute approximate surface area is 138 Å². The van der Waals surface area contributed by atoms with Crippen LogP contribution in [0.2, 0.25) is 5.02 Å². The van der Waals surface area contributed by atoms with E-state index < -0.39 is 0 Å². The predicted molar refractivity (Wildman–Crippen MR) is 94.0 cm³/mol. The first-order valence-electron chi connectivity index (χ1n) is 7.67. The van der Waals surface area contributed by atoms with E-state index in [-0.39, 0.29) is 5.92 Å². The zero-order chi connectivity index (χ0) is 16.1. The molecule has 0 spiro atoms. The molecule has 0 bridgehead atoms. The first-order valence-corrected chi connectivity index (χ1v) is 8.05. The van der Waals surface area contributed by atoms with E-state index in [0.29, 0.717) is 12.5 Å². The summed E-state index contributed by atoms with van der Waals surface area (Å²) in [5.74, 6) is 1.63. The van der Waals surface area contributed by atoms with Crippen molar-refractivity contribution in [3.05, 3.63) is 64.2 Å². The highest BCUT2D eigenvalue weighted by Crippen LogP contribution is 2.32. The Kier molecular flexibility index (Phi) is 5.87. The fourth-order valence-electron chi connectivity index (χ4n) is 2.66. The molecule has 1 atom stereocenters. The maximum absolute atomic E-state index is 6.05. The second-order valence-corrected chi connectivity index (χ2v) is 6.36. The molecule has 0 radical (unpaired) electrons. The molecule has 0 aliphatic carbocycles. The van der Waals surface area contributed by atoms with Crippen LogP contribution in [-0.2, 0) is 6.42 Å². The maximum Gasteiger partial charge on any atom is 0.122 e. The van der Waals surface area contributed by atoms with Gasteiger partial charge in [-0.2, -0.15) is 0 Å². The van der Waals surface area contributed by atoms with Crippen LogP contribution in [0.1, 0.15) is 42.4 Å². The Hall–Kier alpha value is -1.51. The highest BCUT2D eigenvalue weighted by atomic mass is 35.5. The highest BCUT2D eigenvalue weighted by Gasteiger charge is 2.17. The molecule has 1 unspecified atom stereocenters. The molecule has 3 heteroatoms. The smallest absolute Gasteiger partial charge is 0.122 e. The van der Waals surface area contributed by atoms with Crippen LogP contribution in [0.4, 0.5) is 0 Å². The predicted octanol–water partition coefficient (Wildman–Crippen LogP) is 4.76. The summed E-state index contributed by atoms with van der Waals surface area (Å²) in [6, 6.07) is 14.4. The van der Waals surface area contributed by atoms with Crippen molar-refractivity contribution in [1.29, 1.82) is 0 Å². The van der Waals surface area contributed by atoms with Gasteiger partial charge in [-0.3, -0.25) is 0 Å². The van der Waals surface area contributed by atoms with Crippen LogP contribution in [0, 0.1) is 0 Å². The zero-order valence-corrected chi connectivity index (χ0v) is 14.2. The molecule has 0 saturated heterocycles. The maximum atomic E-state index is 6.05. The number of ether oxygens (including phenoxy) is 1. The summed E-state index contributed by atoms with van der Waals surface area (Å²) in [5, 5.41) is 0.757. The van der Waals surface area contributed by atoms with Crippen LogP contribution >= 0.6 is 11.6 Å². The van der Waals surface area contributed by atoms with Crippen molar-refractivity contribution in [2.75, 3.05) is 13.7 Å². The third-order valence-corrected chi connectivity index (χ3v) is 4.29. The fraction of sp³-hybridized carbons (Fsp3) is 0.368. The minimum Gasteiger partial charge on any atom is -0.496 e. The van der Waals surface area contributed by atoms with Gasteiger partial charge in [0.2, 0.25) is 0 Å². The van der Waals surface area contributed by atoms with Crippen LogP contribution in [-0.4, -0.2) is 13.7 Å². The zero-order valence-electron chi connectivity index (χ0n) is 13.5. The van der Waals surface area contributed by atoms with Crippen molar-refractivity contribution >= 4 is 11.6 Å².